The van der Waals surface area contributed by atoms with Crippen LogP contribution in [0.5, 0.6) is 0 Å². The molecule has 1 fully saturated rings. The van der Waals surface area contributed by atoms with E-state index in [0.717, 1.165) is 42.5 Å². The lowest BCUT2D eigenvalue weighted by atomic mass is 10.0. The Bertz CT molecular complexity index is 767. The fourth-order valence-electron chi connectivity index (χ4n) is 3.52. The SMILES string of the molecule is C=CCN1CCC(NCc2cn(C(C)(C)C)nc2-c2ccccc2Cl)CC1. The molecule has 0 bridgehead atoms. The molecule has 0 atom stereocenters. The van der Waals surface area contributed by atoms with Gasteiger partial charge >= 0.3 is 0 Å². The van der Waals surface area contributed by atoms with Crippen molar-refractivity contribution in [3.63, 3.8) is 0 Å². The predicted octanol–water partition coefficient (Wildman–Crippen LogP) is 4.70. The summed E-state index contributed by atoms with van der Waals surface area (Å²) in [6.45, 7) is 14.4. The number of hydrogen-bond acceptors (Lipinski definition) is 3. The summed E-state index contributed by atoms with van der Waals surface area (Å²) in [6, 6.07) is 8.50. The first-order chi connectivity index (χ1) is 12.9. The highest BCUT2D eigenvalue weighted by atomic mass is 35.5. The molecule has 1 aliphatic heterocycles. The summed E-state index contributed by atoms with van der Waals surface area (Å²) in [6.07, 6.45) is 6.49. The third-order valence-corrected chi connectivity index (χ3v) is 5.49. The lowest BCUT2D eigenvalue weighted by Gasteiger charge is -2.31. The van der Waals surface area contributed by atoms with Crippen LogP contribution >= 0.6 is 11.6 Å². The molecule has 1 aromatic heterocycles. The Morgan fingerprint density at radius 1 is 1.26 bits per heavy atom. The van der Waals surface area contributed by atoms with Gasteiger partial charge in [-0.25, -0.2) is 0 Å². The van der Waals surface area contributed by atoms with E-state index in [4.69, 9.17) is 16.7 Å². The van der Waals surface area contributed by atoms with Gasteiger partial charge in [-0.05, 0) is 52.8 Å². The van der Waals surface area contributed by atoms with E-state index in [2.05, 4.69) is 54.5 Å². The Balaban J connectivity index is 1.75. The summed E-state index contributed by atoms with van der Waals surface area (Å²) in [5, 5.41) is 9.38. The van der Waals surface area contributed by atoms with Crippen LogP contribution in [0.15, 0.2) is 43.1 Å². The molecule has 1 saturated heterocycles. The summed E-state index contributed by atoms with van der Waals surface area (Å²) in [5.41, 5.74) is 3.11. The van der Waals surface area contributed by atoms with Gasteiger partial charge in [0.1, 0.15) is 0 Å². The fraction of sp³-hybridized carbons (Fsp3) is 0.500. The number of hydrogen-bond donors (Lipinski definition) is 1. The molecule has 0 aliphatic carbocycles. The highest BCUT2D eigenvalue weighted by molar-refractivity contribution is 6.33. The molecule has 146 valence electrons. The predicted molar refractivity (Wildman–Crippen MR) is 114 cm³/mol. The Labute approximate surface area is 168 Å². The monoisotopic (exact) mass is 386 g/mol. The standard InChI is InChI=1S/C22H31ClN4/c1-5-12-26-13-10-18(11-14-26)24-15-17-16-27(22(2,3)4)25-21(17)19-8-6-7-9-20(19)23/h5-9,16,18,24H,1,10-15H2,2-4H3. The van der Waals surface area contributed by atoms with E-state index in [-0.39, 0.29) is 5.54 Å². The normalized spacial score (nSPS) is 16.6. The molecule has 0 saturated carbocycles. The summed E-state index contributed by atoms with van der Waals surface area (Å²) in [5.74, 6) is 0. The first kappa shape index (κ1) is 20.1. The molecule has 0 radical (unpaired) electrons. The van der Waals surface area contributed by atoms with Crippen molar-refractivity contribution in [2.75, 3.05) is 19.6 Å². The molecule has 3 rings (SSSR count). The van der Waals surface area contributed by atoms with Gasteiger partial charge in [-0.3, -0.25) is 9.58 Å². The molecular weight excluding hydrogens is 356 g/mol. The minimum Gasteiger partial charge on any atom is -0.310 e. The molecule has 1 N–H and O–H groups in total. The Kier molecular flexibility index (Phi) is 6.40. The number of rotatable bonds is 6. The quantitative estimate of drug-likeness (QED) is 0.730. The van der Waals surface area contributed by atoms with E-state index in [0.29, 0.717) is 6.04 Å². The number of nitrogens with one attached hydrogen (secondary N) is 1. The van der Waals surface area contributed by atoms with E-state index in [1.54, 1.807) is 0 Å². The van der Waals surface area contributed by atoms with Crippen LogP contribution in [-0.4, -0.2) is 40.4 Å². The van der Waals surface area contributed by atoms with Gasteiger partial charge in [-0.15, -0.1) is 6.58 Å². The lowest BCUT2D eigenvalue weighted by Crippen LogP contribution is -2.42. The zero-order chi connectivity index (χ0) is 19.4. The van der Waals surface area contributed by atoms with E-state index in [1.165, 1.54) is 18.4 Å². The largest absolute Gasteiger partial charge is 0.310 e. The third-order valence-electron chi connectivity index (χ3n) is 5.16. The van der Waals surface area contributed by atoms with Crippen LogP contribution in [0.1, 0.15) is 39.2 Å². The van der Waals surface area contributed by atoms with E-state index >= 15 is 0 Å². The smallest absolute Gasteiger partial charge is 0.0983 e. The number of nitrogens with zero attached hydrogens (tertiary/aromatic N) is 3. The highest BCUT2D eigenvalue weighted by Crippen LogP contribution is 2.31. The number of halogens is 1. The van der Waals surface area contributed by atoms with Gasteiger partial charge in [0.15, 0.2) is 0 Å². The molecule has 27 heavy (non-hydrogen) atoms. The molecule has 4 nitrogen and oxygen atoms in total. The van der Waals surface area contributed by atoms with Gasteiger partial charge in [0, 0.05) is 36.5 Å². The number of piperidine rings is 1. The summed E-state index contributed by atoms with van der Waals surface area (Å²) in [4.78, 5) is 2.46. The highest BCUT2D eigenvalue weighted by Gasteiger charge is 2.22. The van der Waals surface area contributed by atoms with Crippen molar-refractivity contribution in [1.29, 1.82) is 0 Å². The number of benzene rings is 1. The molecule has 2 aromatic rings. The van der Waals surface area contributed by atoms with Crippen molar-refractivity contribution in [3.8, 4) is 11.3 Å². The Morgan fingerprint density at radius 3 is 2.59 bits per heavy atom. The van der Waals surface area contributed by atoms with Crippen LogP contribution in [0.4, 0.5) is 0 Å². The number of likely N-dealkylation sites (tertiary alicyclic amines) is 1. The number of aromatic nitrogens is 2. The maximum Gasteiger partial charge on any atom is 0.0983 e. The first-order valence-corrected chi connectivity index (χ1v) is 10.2. The Morgan fingerprint density at radius 2 is 1.96 bits per heavy atom. The van der Waals surface area contributed by atoms with Gasteiger partial charge in [-0.1, -0.05) is 35.9 Å². The molecule has 0 spiro atoms. The molecular formula is C22H31ClN4. The zero-order valence-corrected chi connectivity index (χ0v) is 17.5. The van der Waals surface area contributed by atoms with Crippen LogP contribution in [0.25, 0.3) is 11.3 Å². The van der Waals surface area contributed by atoms with Crippen LogP contribution in [-0.2, 0) is 12.1 Å². The van der Waals surface area contributed by atoms with Crippen molar-refractivity contribution >= 4 is 11.6 Å². The maximum absolute atomic E-state index is 6.47. The molecule has 5 heteroatoms. The van der Waals surface area contributed by atoms with Crippen LogP contribution < -0.4 is 5.32 Å². The fourth-order valence-corrected chi connectivity index (χ4v) is 3.74. The molecule has 2 heterocycles. The first-order valence-electron chi connectivity index (χ1n) is 9.79. The van der Waals surface area contributed by atoms with Gasteiger partial charge in [-0.2, -0.15) is 5.10 Å². The summed E-state index contributed by atoms with van der Waals surface area (Å²) >= 11 is 6.47. The average Bonchev–Trinajstić information content (AvgIpc) is 3.06. The van der Waals surface area contributed by atoms with Gasteiger partial charge < -0.3 is 5.32 Å². The van der Waals surface area contributed by atoms with Crippen LogP contribution in [0.2, 0.25) is 5.02 Å². The van der Waals surface area contributed by atoms with Crippen molar-refractivity contribution in [1.82, 2.24) is 20.0 Å². The maximum atomic E-state index is 6.47. The third kappa shape index (κ3) is 5.01. The van der Waals surface area contributed by atoms with Gasteiger partial charge in [0.25, 0.3) is 0 Å². The van der Waals surface area contributed by atoms with Crippen molar-refractivity contribution in [2.24, 2.45) is 0 Å². The van der Waals surface area contributed by atoms with Crippen LogP contribution in [0.3, 0.4) is 0 Å². The van der Waals surface area contributed by atoms with Gasteiger partial charge in [0.05, 0.1) is 16.3 Å². The minimum absolute atomic E-state index is 0.0652. The second kappa shape index (κ2) is 8.59. The minimum atomic E-state index is -0.0652. The molecule has 1 aromatic carbocycles. The topological polar surface area (TPSA) is 33.1 Å². The molecule has 1 aliphatic rings. The van der Waals surface area contributed by atoms with Crippen molar-refractivity contribution in [3.05, 3.63) is 53.7 Å². The van der Waals surface area contributed by atoms with Gasteiger partial charge in [0.2, 0.25) is 0 Å². The summed E-state index contributed by atoms with van der Waals surface area (Å²) < 4.78 is 2.05. The van der Waals surface area contributed by atoms with Crippen molar-refractivity contribution < 1.29 is 0 Å². The van der Waals surface area contributed by atoms with Crippen molar-refractivity contribution in [2.45, 2.75) is 51.7 Å². The zero-order valence-electron chi connectivity index (χ0n) is 16.7. The molecule has 0 unspecified atom stereocenters. The average molecular weight is 387 g/mol. The second-order valence-corrected chi connectivity index (χ2v) is 8.75. The lowest BCUT2D eigenvalue weighted by molar-refractivity contribution is 0.214. The van der Waals surface area contributed by atoms with E-state index < -0.39 is 0 Å². The Hall–Kier alpha value is -1.62. The van der Waals surface area contributed by atoms with Crippen LogP contribution in [0, 0.1) is 0 Å². The van der Waals surface area contributed by atoms with E-state index in [9.17, 15) is 0 Å². The van der Waals surface area contributed by atoms with E-state index in [1.807, 2.05) is 24.3 Å². The summed E-state index contributed by atoms with van der Waals surface area (Å²) in [7, 11) is 0. The second-order valence-electron chi connectivity index (χ2n) is 8.34. The molecule has 0 amide bonds.